The summed E-state index contributed by atoms with van der Waals surface area (Å²) in [5.74, 6) is -0.170. The molecule has 0 amide bonds. The molecule has 0 rings (SSSR count). The topological polar surface area (TPSA) is 26.3 Å². The number of esters is 1. The molecule has 0 spiro atoms. The highest BCUT2D eigenvalue weighted by Crippen LogP contribution is 2.16. The van der Waals surface area contributed by atoms with E-state index in [1.54, 1.807) is 0 Å². The van der Waals surface area contributed by atoms with E-state index in [0.717, 1.165) is 32.1 Å². The Labute approximate surface area is 145 Å². The van der Waals surface area contributed by atoms with Gasteiger partial charge in [-0.15, -0.1) is 0 Å². The highest BCUT2D eigenvalue weighted by atomic mass is 16.5. The lowest BCUT2D eigenvalue weighted by Gasteiger charge is -2.17. The summed E-state index contributed by atoms with van der Waals surface area (Å²) in [7, 11) is 0. The van der Waals surface area contributed by atoms with Gasteiger partial charge in [-0.05, 0) is 32.1 Å². The van der Waals surface area contributed by atoms with Crippen molar-refractivity contribution in [2.75, 3.05) is 0 Å². The summed E-state index contributed by atoms with van der Waals surface area (Å²) >= 11 is 0. The second-order valence-electron chi connectivity index (χ2n) is 6.76. The van der Waals surface area contributed by atoms with Gasteiger partial charge < -0.3 is 4.74 Å². The molecule has 136 valence electrons. The van der Waals surface area contributed by atoms with Crippen LogP contribution in [0, 0.1) is 0 Å². The van der Waals surface area contributed by atoms with Crippen molar-refractivity contribution in [3.05, 3.63) is 12.2 Å². The zero-order chi connectivity index (χ0) is 17.3. The van der Waals surface area contributed by atoms with E-state index in [0.29, 0.717) is 5.57 Å². The van der Waals surface area contributed by atoms with E-state index in [-0.39, 0.29) is 12.1 Å². The van der Waals surface area contributed by atoms with Crippen LogP contribution in [0.25, 0.3) is 0 Å². The van der Waals surface area contributed by atoms with Crippen molar-refractivity contribution in [3.63, 3.8) is 0 Å². The second-order valence-corrected chi connectivity index (χ2v) is 6.76. The van der Waals surface area contributed by atoms with Crippen LogP contribution in [0.2, 0.25) is 0 Å². The normalized spacial score (nSPS) is 12.1. The van der Waals surface area contributed by atoms with Crippen LogP contribution in [-0.2, 0) is 9.53 Å². The molecule has 2 nitrogen and oxygen atoms in total. The van der Waals surface area contributed by atoms with E-state index in [1.807, 2.05) is 0 Å². The maximum Gasteiger partial charge on any atom is 0.333 e. The molecule has 0 saturated heterocycles. The quantitative estimate of drug-likeness (QED) is 0.174. The second kappa shape index (κ2) is 16.1. The van der Waals surface area contributed by atoms with E-state index in [4.69, 9.17) is 4.74 Å². The molecular weight excluding hydrogens is 284 g/mol. The Bertz CT molecular complexity index is 296. The minimum absolute atomic E-state index is 0.0735. The minimum Gasteiger partial charge on any atom is -0.459 e. The zero-order valence-corrected chi connectivity index (χ0v) is 16.0. The van der Waals surface area contributed by atoms with Crippen LogP contribution in [0.3, 0.4) is 0 Å². The molecule has 0 bridgehead atoms. The molecule has 0 aromatic rings. The fourth-order valence-corrected chi connectivity index (χ4v) is 2.78. The molecule has 0 aromatic carbocycles. The number of unbranched alkanes of at least 4 members (excludes halogenated alkanes) is 9. The smallest absolute Gasteiger partial charge is 0.333 e. The lowest BCUT2D eigenvalue weighted by atomic mass is 10.0. The number of carbonyl (C=O) groups excluding carboxylic acids is 1. The average molecular weight is 325 g/mol. The summed E-state index contributed by atoms with van der Waals surface area (Å²) in [4.78, 5) is 12.1. The Balaban J connectivity index is 3.69. The Kier molecular flexibility index (Phi) is 15.5. The monoisotopic (exact) mass is 324 g/mol. The van der Waals surface area contributed by atoms with Gasteiger partial charge in [0.15, 0.2) is 0 Å². The molecular formula is C21H40O2. The molecule has 1 unspecified atom stereocenters. The average Bonchev–Trinajstić information content (AvgIpc) is 2.56. The Morgan fingerprint density at radius 2 is 1.35 bits per heavy atom. The fraction of sp³-hybridized carbons (Fsp3) is 0.857. The van der Waals surface area contributed by atoms with Gasteiger partial charge in [0.25, 0.3) is 0 Å². The first kappa shape index (κ1) is 22.2. The SMILES string of the molecule is C=C(CCCCCCCCCC)C(=O)OC(CC)CCCCC. The maximum atomic E-state index is 12.1. The van der Waals surface area contributed by atoms with Gasteiger partial charge in [-0.1, -0.05) is 85.1 Å². The molecule has 0 aliphatic carbocycles. The fourth-order valence-electron chi connectivity index (χ4n) is 2.78. The Morgan fingerprint density at radius 1 is 0.826 bits per heavy atom. The van der Waals surface area contributed by atoms with Crippen LogP contribution >= 0.6 is 0 Å². The van der Waals surface area contributed by atoms with Crippen molar-refractivity contribution >= 4 is 5.97 Å². The third-order valence-corrected chi connectivity index (χ3v) is 4.48. The first-order chi connectivity index (χ1) is 11.2. The van der Waals surface area contributed by atoms with E-state index >= 15 is 0 Å². The van der Waals surface area contributed by atoms with Crippen molar-refractivity contribution in [1.82, 2.24) is 0 Å². The van der Waals surface area contributed by atoms with Gasteiger partial charge in [0.05, 0.1) is 0 Å². The maximum absolute atomic E-state index is 12.1. The molecule has 0 heterocycles. The van der Waals surface area contributed by atoms with Gasteiger partial charge in [0.2, 0.25) is 0 Å². The summed E-state index contributed by atoms with van der Waals surface area (Å²) in [5, 5.41) is 0. The van der Waals surface area contributed by atoms with Gasteiger partial charge in [0.1, 0.15) is 6.10 Å². The van der Waals surface area contributed by atoms with Crippen LogP contribution in [0.15, 0.2) is 12.2 Å². The summed E-state index contributed by atoms with van der Waals surface area (Å²) in [6.45, 7) is 10.5. The predicted molar refractivity (Wildman–Crippen MR) is 101 cm³/mol. The lowest BCUT2D eigenvalue weighted by Crippen LogP contribution is -2.18. The molecule has 0 saturated carbocycles. The Hall–Kier alpha value is -0.790. The molecule has 1 atom stereocenters. The molecule has 0 fully saturated rings. The van der Waals surface area contributed by atoms with Gasteiger partial charge in [-0.2, -0.15) is 0 Å². The third-order valence-electron chi connectivity index (χ3n) is 4.48. The molecule has 23 heavy (non-hydrogen) atoms. The number of carbonyl (C=O) groups is 1. The predicted octanol–water partition coefficient (Wildman–Crippen LogP) is 6.98. The molecule has 0 aromatic heterocycles. The van der Waals surface area contributed by atoms with E-state index in [1.165, 1.54) is 57.8 Å². The first-order valence-electron chi connectivity index (χ1n) is 10.0. The van der Waals surface area contributed by atoms with Gasteiger partial charge in [0, 0.05) is 5.57 Å². The Morgan fingerprint density at radius 3 is 1.91 bits per heavy atom. The van der Waals surface area contributed by atoms with Gasteiger partial charge in [-0.3, -0.25) is 0 Å². The first-order valence-corrected chi connectivity index (χ1v) is 10.0. The number of hydrogen-bond donors (Lipinski definition) is 0. The molecule has 0 N–H and O–H groups in total. The molecule has 2 heteroatoms. The number of hydrogen-bond acceptors (Lipinski definition) is 2. The summed E-state index contributed by atoms with van der Waals surface area (Å²) in [6.07, 6.45) is 16.6. The molecule has 0 aliphatic rings. The highest BCUT2D eigenvalue weighted by molar-refractivity contribution is 5.87. The zero-order valence-electron chi connectivity index (χ0n) is 16.0. The van der Waals surface area contributed by atoms with Gasteiger partial charge >= 0.3 is 5.97 Å². The van der Waals surface area contributed by atoms with Crippen LogP contribution in [0.5, 0.6) is 0 Å². The largest absolute Gasteiger partial charge is 0.459 e. The van der Waals surface area contributed by atoms with E-state index < -0.39 is 0 Å². The number of ether oxygens (including phenoxy) is 1. The van der Waals surface area contributed by atoms with Crippen LogP contribution in [0.4, 0.5) is 0 Å². The van der Waals surface area contributed by atoms with Crippen molar-refractivity contribution in [1.29, 1.82) is 0 Å². The standard InChI is InChI=1S/C21H40O2/c1-5-8-10-11-12-13-14-16-17-19(4)21(22)23-20(7-3)18-15-9-6-2/h20H,4-18H2,1-3H3. The number of rotatable bonds is 16. The van der Waals surface area contributed by atoms with Crippen LogP contribution in [0.1, 0.15) is 111 Å². The molecule has 0 radical (unpaired) electrons. The van der Waals surface area contributed by atoms with Crippen molar-refractivity contribution in [3.8, 4) is 0 Å². The van der Waals surface area contributed by atoms with Gasteiger partial charge in [-0.25, -0.2) is 4.79 Å². The van der Waals surface area contributed by atoms with Crippen molar-refractivity contribution in [2.24, 2.45) is 0 Å². The summed E-state index contributed by atoms with van der Waals surface area (Å²) in [6, 6.07) is 0. The summed E-state index contributed by atoms with van der Waals surface area (Å²) < 4.78 is 5.59. The van der Waals surface area contributed by atoms with E-state index in [9.17, 15) is 4.79 Å². The highest BCUT2D eigenvalue weighted by Gasteiger charge is 2.14. The van der Waals surface area contributed by atoms with Crippen LogP contribution in [-0.4, -0.2) is 12.1 Å². The lowest BCUT2D eigenvalue weighted by molar-refractivity contribution is -0.145. The molecule has 0 aliphatic heterocycles. The minimum atomic E-state index is -0.170. The third kappa shape index (κ3) is 13.4. The van der Waals surface area contributed by atoms with E-state index in [2.05, 4.69) is 27.4 Å². The van der Waals surface area contributed by atoms with Crippen molar-refractivity contribution in [2.45, 2.75) is 117 Å². The summed E-state index contributed by atoms with van der Waals surface area (Å²) in [5.41, 5.74) is 0.657. The van der Waals surface area contributed by atoms with Crippen molar-refractivity contribution < 1.29 is 9.53 Å². The van der Waals surface area contributed by atoms with Crippen LogP contribution < -0.4 is 0 Å².